The lowest BCUT2D eigenvalue weighted by Crippen LogP contribution is -2.52. The van der Waals surface area contributed by atoms with Crippen molar-refractivity contribution in [2.75, 3.05) is 33.2 Å². The minimum absolute atomic E-state index is 0.227. The van der Waals surface area contributed by atoms with Crippen LogP contribution in [0, 0.1) is 0 Å². The molecule has 1 atom stereocenters. The van der Waals surface area contributed by atoms with Crippen LogP contribution in [0.1, 0.15) is 43.4 Å². The molecule has 4 heteroatoms. The van der Waals surface area contributed by atoms with Crippen molar-refractivity contribution in [3.05, 3.63) is 71.8 Å². The van der Waals surface area contributed by atoms with Crippen molar-refractivity contribution in [1.29, 1.82) is 0 Å². The molecule has 2 aromatic rings. The molecule has 1 N–H and O–H groups in total. The molecule has 0 radical (unpaired) electrons. The highest BCUT2D eigenvalue weighted by atomic mass is 16.3. The Morgan fingerprint density at radius 2 is 1.64 bits per heavy atom. The monoisotopic (exact) mass is 380 g/mol. The molecule has 0 aliphatic carbocycles. The van der Waals surface area contributed by atoms with Crippen LogP contribution in [-0.2, 0) is 10.2 Å². The zero-order valence-corrected chi connectivity index (χ0v) is 17.1. The van der Waals surface area contributed by atoms with Gasteiger partial charge in [-0.25, -0.2) is 0 Å². The van der Waals surface area contributed by atoms with Gasteiger partial charge in [0.15, 0.2) is 0 Å². The maximum absolute atomic E-state index is 13.3. The third-order valence-corrected chi connectivity index (χ3v) is 6.17. The van der Waals surface area contributed by atoms with Crippen molar-refractivity contribution in [3.63, 3.8) is 0 Å². The van der Waals surface area contributed by atoms with Gasteiger partial charge in [0.1, 0.15) is 0 Å². The number of hydrogen-bond acceptors (Lipinski definition) is 3. The molecule has 1 aliphatic rings. The van der Waals surface area contributed by atoms with Gasteiger partial charge >= 0.3 is 0 Å². The number of nitrogens with zero attached hydrogens (tertiary/aromatic N) is 2. The Balaban J connectivity index is 1.65. The van der Waals surface area contributed by atoms with Crippen LogP contribution in [0.4, 0.5) is 0 Å². The Hall–Kier alpha value is -2.17. The largest absolute Gasteiger partial charge is 0.388 e. The summed E-state index contributed by atoms with van der Waals surface area (Å²) >= 11 is 0. The zero-order valence-electron chi connectivity index (χ0n) is 17.1. The van der Waals surface area contributed by atoms with Gasteiger partial charge in [0.05, 0.1) is 11.5 Å². The Morgan fingerprint density at radius 1 is 1.07 bits per heavy atom. The van der Waals surface area contributed by atoms with Crippen LogP contribution in [0.25, 0.3) is 0 Å². The maximum atomic E-state index is 13.3. The third-order valence-electron chi connectivity index (χ3n) is 6.17. The van der Waals surface area contributed by atoms with Crippen molar-refractivity contribution in [2.45, 2.75) is 37.7 Å². The molecular formula is C24H32N2O2. The number of aliphatic hydroxyl groups excluding tert-OH is 1. The molecule has 0 bridgehead atoms. The molecule has 1 unspecified atom stereocenters. The molecule has 3 rings (SSSR count). The van der Waals surface area contributed by atoms with Crippen LogP contribution in [0.2, 0.25) is 0 Å². The number of benzene rings is 2. The van der Waals surface area contributed by atoms with Gasteiger partial charge in [-0.2, -0.15) is 0 Å². The number of piperidine rings is 1. The van der Waals surface area contributed by atoms with E-state index in [1.807, 2.05) is 67.4 Å². The average Bonchev–Trinajstić information content (AvgIpc) is 2.78. The summed E-state index contributed by atoms with van der Waals surface area (Å²) in [5, 5.41) is 10.4. The highest BCUT2D eigenvalue weighted by Gasteiger charge is 2.43. The van der Waals surface area contributed by atoms with Gasteiger partial charge in [0.2, 0.25) is 5.91 Å². The van der Waals surface area contributed by atoms with E-state index >= 15 is 0 Å². The summed E-state index contributed by atoms with van der Waals surface area (Å²) in [7, 11) is 1.90. The van der Waals surface area contributed by atoms with E-state index in [2.05, 4.69) is 17.0 Å². The van der Waals surface area contributed by atoms with E-state index in [1.54, 1.807) is 0 Å². The number of likely N-dealkylation sites (tertiary alicyclic amines) is 1. The molecule has 1 fully saturated rings. The number of carbonyl (C=O) groups is 1. The first-order chi connectivity index (χ1) is 13.6. The summed E-state index contributed by atoms with van der Waals surface area (Å²) in [6.45, 7) is 5.34. The van der Waals surface area contributed by atoms with Gasteiger partial charge < -0.3 is 14.9 Å². The number of carbonyl (C=O) groups excluding carboxylic acids is 1. The van der Waals surface area contributed by atoms with Gasteiger partial charge in [0, 0.05) is 20.1 Å². The lowest BCUT2D eigenvalue weighted by molar-refractivity contribution is -0.138. The van der Waals surface area contributed by atoms with Crippen LogP contribution >= 0.6 is 0 Å². The normalized spacial score (nSPS) is 17.8. The van der Waals surface area contributed by atoms with E-state index in [0.29, 0.717) is 6.42 Å². The Labute approximate surface area is 168 Å². The quantitative estimate of drug-likeness (QED) is 0.798. The van der Waals surface area contributed by atoms with Crippen molar-refractivity contribution >= 4 is 5.91 Å². The number of hydrogen-bond donors (Lipinski definition) is 1. The summed E-state index contributed by atoms with van der Waals surface area (Å²) in [5.41, 5.74) is 1.67. The number of rotatable bonds is 7. The van der Waals surface area contributed by atoms with Crippen molar-refractivity contribution in [3.8, 4) is 0 Å². The molecular weight excluding hydrogens is 348 g/mol. The molecule has 0 spiro atoms. The minimum atomic E-state index is -0.435. The van der Waals surface area contributed by atoms with Crippen molar-refractivity contribution in [2.24, 2.45) is 0 Å². The summed E-state index contributed by atoms with van der Waals surface area (Å²) in [6.07, 6.45) is 1.92. The van der Waals surface area contributed by atoms with Crippen LogP contribution in [0.15, 0.2) is 60.7 Å². The average molecular weight is 381 g/mol. The number of likely N-dealkylation sites (N-methyl/N-ethyl adjacent to an activating group) is 1. The number of amides is 1. The number of aliphatic hydroxyl groups is 1. The third kappa shape index (κ3) is 4.45. The Bertz CT molecular complexity index is 740. The predicted octanol–water partition coefficient (Wildman–Crippen LogP) is 3.62. The predicted molar refractivity (Wildman–Crippen MR) is 113 cm³/mol. The molecule has 2 aromatic carbocycles. The summed E-state index contributed by atoms with van der Waals surface area (Å²) in [5.74, 6) is 0.227. The van der Waals surface area contributed by atoms with E-state index in [0.717, 1.165) is 50.1 Å². The minimum Gasteiger partial charge on any atom is -0.388 e. The molecule has 1 amide bonds. The SMILES string of the molecule is CCN(C)C(=O)C1(c2ccccc2)CCN(CCC(O)c2ccccc2)CC1. The van der Waals surface area contributed by atoms with Gasteiger partial charge in [-0.3, -0.25) is 4.79 Å². The van der Waals surface area contributed by atoms with E-state index in [4.69, 9.17) is 0 Å². The second-order valence-electron chi connectivity index (χ2n) is 7.82. The fourth-order valence-corrected chi connectivity index (χ4v) is 4.20. The first kappa shape index (κ1) is 20.6. The van der Waals surface area contributed by atoms with Gasteiger partial charge in [-0.1, -0.05) is 60.7 Å². The van der Waals surface area contributed by atoms with Crippen LogP contribution in [0.5, 0.6) is 0 Å². The second kappa shape index (κ2) is 9.35. The highest BCUT2D eigenvalue weighted by molar-refractivity contribution is 5.88. The van der Waals surface area contributed by atoms with E-state index in [9.17, 15) is 9.90 Å². The first-order valence-electron chi connectivity index (χ1n) is 10.3. The van der Waals surface area contributed by atoms with Crippen molar-refractivity contribution < 1.29 is 9.90 Å². The van der Waals surface area contributed by atoms with Crippen LogP contribution in [-0.4, -0.2) is 54.0 Å². The highest BCUT2D eigenvalue weighted by Crippen LogP contribution is 2.37. The van der Waals surface area contributed by atoms with Crippen molar-refractivity contribution in [1.82, 2.24) is 9.80 Å². The topological polar surface area (TPSA) is 43.8 Å². The zero-order chi connectivity index (χ0) is 20.0. The molecule has 1 heterocycles. The standard InChI is InChI=1S/C24H32N2O2/c1-3-25(2)23(28)24(21-12-8-5-9-13-21)15-18-26(19-16-24)17-14-22(27)20-10-6-4-7-11-20/h4-13,22,27H,3,14-19H2,1-2H3. The molecule has 1 aliphatic heterocycles. The second-order valence-corrected chi connectivity index (χ2v) is 7.82. The van der Waals surface area contributed by atoms with Crippen LogP contribution < -0.4 is 0 Å². The lowest BCUT2D eigenvalue weighted by Gasteiger charge is -2.43. The smallest absolute Gasteiger partial charge is 0.233 e. The van der Waals surface area contributed by atoms with Gasteiger partial charge in [0.25, 0.3) is 0 Å². The van der Waals surface area contributed by atoms with Gasteiger partial charge in [-0.05, 0) is 50.4 Å². The molecule has 0 aromatic heterocycles. The maximum Gasteiger partial charge on any atom is 0.233 e. The lowest BCUT2D eigenvalue weighted by atomic mass is 9.71. The molecule has 1 saturated heterocycles. The molecule has 150 valence electrons. The molecule has 0 saturated carbocycles. The summed E-state index contributed by atoms with van der Waals surface area (Å²) in [4.78, 5) is 17.5. The molecule has 28 heavy (non-hydrogen) atoms. The fourth-order valence-electron chi connectivity index (χ4n) is 4.20. The van der Waals surface area contributed by atoms with Gasteiger partial charge in [-0.15, -0.1) is 0 Å². The summed E-state index contributed by atoms with van der Waals surface area (Å²) < 4.78 is 0. The Morgan fingerprint density at radius 3 is 2.21 bits per heavy atom. The molecule has 4 nitrogen and oxygen atoms in total. The first-order valence-corrected chi connectivity index (χ1v) is 10.3. The van der Waals surface area contributed by atoms with E-state index < -0.39 is 11.5 Å². The fraction of sp³-hybridized carbons (Fsp3) is 0.458. The van der Waals surface area contributed by atoms with E-state index in [1.165, 1.54) is 0 Å². The summed E-state index contributed by atoms with van der Waals surface area (Å²) in [6, 6.07) is 20.1. The van der Waals surface area contributed by atoms with E-state index in [-0.39, 0.29) is 5.91 Å². The van der Waals surface area contributed by atoms with Crippen LogP contribution in [0.3, 0.4) is 0 Å². The Kier molecular flexibility index (Phi) is 6.87.